The molecule has 1 aromatic rings. The Labute approximate surface area is 251 Å². The molecule has 0 aromatic heterocycles. The van der Waals surface area contributed by atoms with E-state index in [9.17, 15) is 14.4 Å². The van der Waals surface area contributed by atoms with Crippen LogP contribution in [0.5, 0.6) is 11.5 Å². The van der Waals surface area contributed by atoms with Crippen LogP contribution in [-0.4, -0.2) is 93.1 Å². The van der Waals surface area contributed by atoms with Crippen molar-refractivity contribution >= 4 is 18.0 Å². The highest BCUT2D eigenvalue weighted by Gasteiger charge is 2.41. The Balaban J connectivity index is 2.32. The summed E-state index contributed by atoms with van der Waals surface area (Å²) in [5.74, 6) is 0.362. The summed E-state index contributed by atoms with van der Waals surface area (Å²) in [6.45, 7) is 15.9. The van der Waals surface area contributed by atoms with E-state index in [0.29, 0.717) is 75.8 Å². The maximum absolute atomic E-state index is 13.9. The predicted octanol–water partition coefficient (Wildman–Crippen LogP) is 5.42. The Morgan fingerprint density at radius 1 is 1.02 bits per heavy atom. The maximum atomic E-state index is 13.9. The zero-order chi connectivity index (χ0) is 31.4. The molecule has 42 heavy (non-hydrogen) atoms. The lowest BCUT2D eigenvalue weighted by Gasteiger charge is -2.32. The first-order valence-corrected chi connectivity index (χ1v) is 15.1. The molecule has 10 nitrogen and oxygen atoms in total. The van der Waals surface area contributed by atoms with E-state index < -0.39 is 5.60 Å². The largest absolute Gasteiger partial charge is 0.493 e. The molecule has 2 rings (SSSR count). The Kier molecular flexibility index (Phi) is 13.9. The number of benzene rings is 1. The second-order valence-electron chi connectivity index (χ2n) is 12.1. The molecule has 238 valence electrons. The van der Waals surface area contributed by atoms with E-state index in [1.165, 1.54) is 0 Å². The number of amides is 2. The molecule has 1 aliphatic rings. The quantitative estimate of drug-likeness (QED) is 0.196. The number of hydrogen-bond donors (Lipinski definition) is 0. The molecular formula is C32H52N2O8. The average molecular weight is 593 g/mol. The molecule has 3 atom stereocenters. The number of ether oxygens (including phenoxy) is 5. The fourth-order valence-electron chi connectivity index (χ4n) is 5.20. The third-order valence-corrected chi connectivity index (χ3v) is 7.40. The zero-order valence-electron chi connectivity index (χ0n) is 27.1. The van der Waals surface area contributed by atoms with Crippen molar-refractivity contribution in [2.75, 3.05) is 53.7 Å². The van der Waals surface area contributed by atoms with Crippen molar-refractivity contribution < 1.29 is 38.1 Å². The van der Waals surface area contributed by atoms with Crippen LogP contribution in [0.15, 0.2) is 18.2 Å². The second-order valence-corrected chi connectivity index (χ2v) is 12.1. The van der Waals surface area contributed by atoms with E-state index in [0.717, 1.165) is 0 Å². The smallest absolute Gasteiger partial charge is 0.410 e. The number of hydrogen-bond acceptors (Lipinski definition) is 8. The van der Waals surface area contributed by atoms with Crippen LogP contribution in [0.25, 0.3) is 0 Å². The third kappa shape index (κ3) is 10.4. The van der Waals surface area contributed by atoms with Gasteiger partial charge >= 0.3 is 12.1 Å². The third-order valence-electron chi connectivity index (χ3n) is 7.40. The summed E-state index contributed by atoms with van der Waals surface area (Å²) in [4.78, 5) is 43.2. The van der Waals surface area contributed by atoms with Gasteiger partial charge in [0, 0.05) is 51.4 Å². The molecule has 1 aromatic carbocycles. The van der Waals surface area contributed by atoms with Crippen molar-refractivity contribution in [3.8, 4) is 11.5 Å². The normalized spacial score (nSPS) is 17.6. The Morgan fingerprint density at radius 2 is 1.71 bits per heavy atom. The van der Waals surface area contributed by atoms with Gasteiger partial charge in [-0.25, -0.2) is 4.79 Å². The standard InChI is InChI=1S/C32H52N2O8/c1-10-23(30(36)40-11-2)17-25-19-33(31(37)42-32(5,6)7)20-26(25)21-34(22(3)4)29(35)24-13-14-27(39-9)28(18-24)41-16-12-15-38-8/h13-14,18,22-23,25-26H,10-12,15-17,19-21H2,1-9H3/t23-,25+,26-/m0/s1. The molecule has 0 spiro atoms. The van der Waals surface area contributed by atoms with Crippen molar-refractivity contribution in [1.29, 1.82) is 0 Å². The molecule has 10 heteroatoms. The first-order chi connectivity index (χ1) is 19.8. The minimum Gasteiger partial charge on any atom is -0.493 e. The van der Waals surface area contributed by atoms with E-state index in [2.05, 4.69) is 0 Å². The van der Waals surface area contributed by atoms with Gasteiger partial charge in [-0.05, 0) is 84.4 Å². The molecule has 1 heterocycles. The summed E-state index contributed by atoms with van der Waals surface area (Å²) in [6.07, 6.45) is 1.53. The van der Waals surface area contributed by atoms with Crippen LogP contribution in [0.4, 0.5) is 4.79 Å². The Bertz CT molecular complexity index is 1020. The van der Waals surface area contributed by atoms with Crippen LogP contribution in [0, 0.1) is 17.8 Å². The number of methoxy groups -OCH3 is 2. The topological polar surface area (TPSA) is 104 Å². The minimum absolute atomic E-state index is 0.00327. The summed E-state index contributed by atoms with van der Waals surface area (Å²) in [7, 11) is 3.21. The molecule has 0 aliphatic carbocycles. The van der Waals surface area contributed by atoms with Crippen LogP contribution in [0.1, 0.15) is 78.1 Å². The fraction of sp³-hybridized carbons (Fsp3) is 0.719. The van der Waals surface area contributed by atoms with Gasteiger partial charge < -0.3 is 33.5 Å². The summed E-state index contributed by atoms with van der Waals surface area (Å²) in [5.41, 5.74) is -0.137. The summed E-state index contributed by atoms with van der Waals surface area (Å²) < 4.78 is 27.5. The first-order valence-electron chi connectivity index (χ1n) is 15.1. The van der Waals surface area contributed by atoms with Crippen LogP contribution < -0.4 is 9.47 Å². The van der Waals surface area contributed by atoms with E-state index in [4.69, 9.17) is 23.7 Å². The summed E-state index contributed by atoms with van der Waals surface area (Å²) >= 11 is 0. The summed E-state index contributed by atoms with van der Waals surface area (Å²) in [6, 6.07) is 5.10. The van der Waals surface area contributed by atoms with Crippen LogP contribution in [-0.2, 0) is 19.0 Å². The van der Waals surface area contributed by atoms with E-state index in [-0.39, 0.29) is 41.8 Å². The fourth-order valence-corrected chi connectivity index (χ4v) is 5.20. The van der Waals surface area contributed by atoms with Crippen molar-refractivity contribution in [2.45, 2.75) is 79.4 Å². The molecule has 0 radical (unpaired) electrons. The maximum Gasteiger partial charge on any atom is 0.410 e. The van der Waals surface area contributed by atoms with E-state index in [1.807, 2.05) is 46.4 Å². The van der Waals surface area contributed by atoms with Crippen LogP contribution in [0.2, 0.25) is 0 Å². The number of rotatable bonds is 15. The molecule has 1 saturated heterocycles. The van der Waals surface area contributed by atoms with Crippen molar-refractivity contribution in [2.24, 2.45) is 17.8 Å². The van der Waals surface area contributed by atoms with Gasteiger partial charge in [0.25, 0.3) is 5.91 Å². The first kappa shape index (κ1) is 35.2. The monoisotopic (exact) mass is 592 g/mol. The molecule has 2 amide bonds. The van der Waals surface area contributed by atoms with Gasteiger partial charge in [0.15, 0.2) is 11.5 Å². The van der Waals surface area contributed by atoms with Crippen molar-refractivity contribution in [3.05, 3.63) is 23.8 Å². The molecule has 0 unspecified atom stereocenters. The lowest BCUT2D eigenvalue weighted by atomic mass is 9.85. The van der Waals surface area contributed by atoms with E-state index >= 15 is 0 Å². The van der Waals surface area contributed by atoms with Crippen molar-refractivity contribution in [3.63, 3.8) is 0 Å². The number of carbonyl (C=O) groups excluding carboxylic acids is 3. The number of nitrogens with zero attached hydrogens (tertiary/aromatic N) is 2. The molecule has 1 fully saturated rings. The lowest BCUT2D eigenvalue weighted by Crippen LogP contribution is -2.42. The van der Waals surface area contributed by atoms with Crippen LogP contribution >= 0.6 is 0 Å². The molecule has 1 aliphatic heterocycles. The highest BCUT2D eigenvalue weighted by Crippen LogP contribution is 2.34. The van der Waals surface area contributed by atoms with Gasteiger partial charge in [-0.2, -0.15) is 0 Å². The van der Waals surface area contributed by atoms with Gasteiger partial charge in [-0.15, -0.1) is 0 Å². The van der Waals surface area contributed by atoms with Gasteiger partial charge in [0.1, 0.15) is 5.60 Å². The SMILES string of the molecule is CCOC(=O)[C@@H](CC)C[C@@H]1CN(C(=O)OC(C)(C)C)C[C@H]1CN(C(=O)c1ccc(OC)c(OCCCOC)c1)C(C)C. The highest BCUT2D eigenvalue weighted by atomic mass is 16.6. The zero-order valence-corrected chi connectivity index (χ0v) is 27.1. The summed E-state index contributed by atoms with van der Waals surface area (Å²) in [5, 5.41) is 0. The Morgan fingerprint density at radius 3 is 2.29 bits per heavy atom. The highest BCUT2D eigenvalue weighted by molar-refractivity contribution is 5.95. The molecule has 0 N–H and O–H groups in total. The molecular weight excluding hydrogens is 540 g/mol. The minimum atomic E-state index is -0.626. The van der Waals surface area contributed by atoms with Gasteiger partial charge in [0.05, 0.1) is 26.2 Å². The Hall–Kier alpha value is -3.01. The van der Waals surface area contributed by atoms with Gasteiger partial charge in [-0.1, -0.05) is 6.92 Å². The molecule has 0 bridgehead atoms. The van der Waals surface area contributed by atoms with Gasteiger partial charge in [-0.3, -0.25) is 9.59 Å². The molecule has 0 saturated carbocycles. The van der Waals surface area contributed by atoms with Crippen LogP contribution in [0.3, 0.4) is 0 Å². The number of carbonyl (C=O) groups is 3. The lowest BCUT2D eigenvalue weighted by molar-refractivity contribution is -0.148. The van der Waals surface area contributed by atoms with Crippen molar-refractivity contribution in [1.82, 2.24) is 9.80 Å². The van der Waals surface area contributed by atoms with Gasteiger partial charge in [0.2, 0.25) is 0 Å². The second kappa shape index (κ2) is 16.6. The van der Waals surface area contributed by atoms with E-state index in [1.54, 1.807) is 44.2 Å². The number of likely N-dealkylation sites (tertiary alicyclic amines) is 1. The predicted molar refractivity (Wildman–Crippen MR) is 161 cm³/mol. The number of esters is 1. The average Bonchev–Trinajstić information content (AvgIpc) is 3.33.